The largest absolute Gasteiger partial charge is 0.513 e. The van der Waals surface area contributed by atoms with Gasteiger partial charge in [-0.2, -0.15) is 0 Å². The molecule has 2 aromatic rings. The van der Waals surface area contributed by atoms with E-state index in [0.29, 0.717) is 12.3 Å². The van der Waals surface area contributed by atoms with E-state index in [9.17, 15) is 4.79 Å². The van der Waals surface area contributed by atoms with Gasteiger partial charge >= 0.3 is 6.16 Å². The Labute approximate surface area is 142 Å². The lowest BCUT2D eigenvalue weighted by atomic mass is 10.3. The van der Waals surface area contributed by atoms with Crippen molar-refractivity contribution >= 4 is 11.8 Å². The standard InChI is InChI=1S/C19H23NO4/c1-15(2)23-17-9-11-18(12-10-17)24-19(21)22-14-13-20(3)16-7-5-4-6-8-16/h4-12,15H,13-14H2,1-3H3. The molecule has 128 valence electrons. The molecule has 0 unspecified atom stereocenters. The normalized spacial score (nSPS) is 10.3. The van der Waals surface area contributed by atoms with Gasteiger partial charge in [0, 0.05) is 12.7 Å². The van der Waals surface area contributed by atoms with Crippen LogP contribution in [0.4, 0.5) is 10.5 Å². The molecule has 0 saturated carbocycles. The highest BCUT2D eigenvalue weighted by molar-refractivity contribution is 5.63. The van der Waals surface area contributed by atoms with Gasteiger partial charge in [0.05, 0.1) is 12.6 Å². The summed E-state index contributed by atoms with van der Waals surface area (Å²) in [7, 11) is 1.94. The van der Waals surface area contributed by atoms with Crippen molar-refractivity contribution in [2.75, 3.05) is 25.1 Å². The fraction of sp³-hybridized carbons (Fsp3) is 0.316. The summed E-state index contributed by atoms with van der Waals surface area (Å²) >= 11 is 0. The number of rotatable bonds is 7. The number of hydrogen-bond acceptors (Lipinski definition) is 5. The first-order valence-electron chi connectivity index (χ1n) is 7.92. The van der Waals surface area contributed by atoms with Crippen molar-refractivity contribution in [2.45, 2.75) is 20.0 Å². The quantitative estimate of drug-likeness (QED) is 0.565. The molecule has 0 atom stereocenters. The average molecular weight is 329 g/mol. The number of ether oxygens (including phenoxy) is 3. The van der Waals surface area contributed by atoms with Gasteiger partial charge in [0.15, 0.2) is 0 Å². The molecule has 24 heavy (non-hydrogen) atoms. The first kappa shape index (κ1) is 17.7. The molecule has 0 saturated heterocycles. The highest BCUT2D eigenvalue weighted by Gasteiger charge is 2.08. The molecular weight excluding hydrogens is 306 g/mol. The van der Waals surface area contributed by atoms with E-state index in [-0.39, 0.29) is 12.7 Å². The fourth-order valence-electron chi connectivity index (χ4n) is 2.06. The first-order chi connectivity index (χ1) is 11.5. The number of para-hydroxylation sites is 1. The van der Waals surface area contributed by atoms with Crippen LogP contribution in [0.3, 0.4) is 0 Å². The molecule has 0 amide bonds. The maximum absolute atomic E-state index is 11.7. The Morgan fingerprint density at radius 3 is 2.25 bits per heavy atom. The molecule has 2 aromatic carbocycles. The second-order valence-corrected chi connectivity index (χ2v) is 5.60. The molecule has 0 aliphatic rings. The smallest absolute Gasteiger partial charge is 0.491 e. The van der Waals surface area contributed by atoms with E-state index in [2.05, 4.69) is 0 Å². The summed E-state index contributed by atoms with van der Waals surface area (Å²) in [5.41, 5.74) is 1.07. The summed E-state index contributed by atoms with van der Waals surface area (Å²) in [6.45, 7) is 4.74. The van der Waals surface area contributed by atoms with Gasteiger partial charge in [-0.3, -0.25) is 0 Å². The zero-order valence-electron chi connectivity index (χ0n) is 14.3. The topological polar surface area (TPSA) is 48.0 Å². The Balaban J connectivity index is 1.73. The Morgan fingerprint density at radius 2 is 1.62 bits per heavy atom. The molecular formula is C19H23NO4. The van der Waals surface area contributed by atoms with Crippen LogP contribution < -0.4 is 14.4 Å². The summed E-state index contributed by atoms with van der Waals surface area (Å²) in [5, 5.41) is 0. The summed E-state index contributed by atoms with van der Waals surface area (Å²) in [5.74, 6) is 1.16. The van der Waals surface area contributed by atoms with Crippen molar-refractivity contribution < 1.29 is 19.0 Å². The van der Waals surface area contributed by atoms with Gasteiger partial charge in [-0.15, -0.1) is 0 Å². The van der Waals surface area contributed by atoms with Crippen molar-refractivity contribution in [1.82, 2.24) is 0 Å². The lowest BCUT2D eigenvalue weighted by molar-refractivity contribution is 0.102. The van der Waals surface area contributed by atoms with Crippen LogP contribution in [-0.2, 0) is 4.74 Å². The zero-order valence-corrected chi connectivity index (χ0v) is 14.3. The summed E-state index contributed by atoms with van der Waals surface area (Å²) in [6, 6.07) is 16.8. The molecule has 0 aliphatic carbocycles. The van der Waals surface area contributed by atoms with Gasteiger partial charge in [-0.05, 0) is 50.2 Å². The molecule has 0 aromatic heterocycles. The van der Waals surface area contributed by atoms with Gasteiger partial charge in [-0.25, -0.2) is 4.79 Å². The molecule has 0 N–H and O–H groups in total. The predicted octanol–water partition coefficient (Wildman–Crippen LogP) is 4.13. The molecule has 5 heteroatoms. The van der Waals surface area contributed by atoms with Gasteiger partial charge in [-0.1, -0.05) is 18.2 Å². The van der Waals surface area contributed by atoms with Crippen molar-refractivity contribution in [3.05, 3.63) is 54.6 Å². The molecule has 2 rings (SSSR count). The Bertz CT molecular complexity index is 626. The van der Waals surface area contributed by atoms with E-state index in [4.69, 9.17) is 14.2 Å². The van der Waals surface area contributed by atoms with E-state index in [1.165, 1.54) is 0 Å². The van der Waals surface area contributed by atoms with Crippen LogP contribution in [-0.4, -0.2) is 32.5 Å². The minimum atomic E-state index is -0.714. The number of benzene rings is 2. The van der Waals surface area contributed by atoms with Crippen LogP contribution in [0.25, 0.3) is 0 Å². The van der Waals surface area contributed by atoms with E-state index in [1.807, 2.05) is 56.1 Å². The predicted molar refractivity (Wildman–Crippen MR) is 93.9 cm³/mol. The number of anilines is 1. The van der Waals surface area contributed by atoms with Crippen molar-refractivity contribution in [3.8, 4) is 11.5 Å². The molecule has 0 aliphatic heterocycles. The number of likely N-dealkylation sites (N-methyl/N-ethyl adjacent to an activating group) is 1. The SMILES string of the molecule is CC(C)Oc1ccc(OC(=O)OCCN(C)c2ccccc2)cc1. The van der Waals surface area contributed by atoms with Crippen LogP contribution in [0.15, 0.2) is 54.6 Å². The highest BCUT2D eigenvalue weighted by Crippen LogP contribution is 2.19. The third-order valence-corrected chi connectivity index (χ3v) is 3.24. The van der Waals surface area contributed by atoms with Crippen molar-refractivity contribution in [2.24, 2.45) is 0 Å². The number of carbonyl (C=O) groups is 1. The lowest BCUT2D eigenvalue weighted by Gasteiger charge is -2.18. The minimum absolute atomic E-state index is 0.100. The van der Waals surface area contributed by atoms with Gasteiger partial charge in [0.25, 0.3) is 0 Å². The number of nitrogens with zero attached hydrogens (tertiary/aromatic N) is 1. The number of hydrogen-bond donors (Lipinski definition) is 0. The fourth-order valence-corrected chi connectivity index (χ4v) is 2.06. The third kappa shape index (κ3) is 5.83. The third-order valence-electron chi connectivity index (χ3n) is 3.24. The molecule has 0 heterocycles. The van der Waals surface area contributed by atoms with E-state index < -0.39 is 6.16 Å². The molecule has 0 bridgehead atoms. The van der Waals surface area contributed by atoms with Crippen LogP contribution >= 0.6 is 0 Å². The average Bonchev–Trinajstić information content (AvgIpc) is 2.57. The number of carbonyl (C=O) groups excluding carboxylic acids is 1. The zero-order chi connectivity index (χ0) is 17.4. The highest BCUT2D eigenvalue weighted by atomic mass is 16.7. The van der Waals surface area contributed by atoms with E-state index >= 15 is 0 Å². The Morgan fingerprint density at radius 1 is 1.00 bits per heavy atom. The maximum atomic E-state index is 11.7. The maximum Gasteiger partial charge on any atom is 0.513 e. The van der Waals surface area contributed by atoms with Gasteiger partial charge in [0.1, 0.15) is 18.1 Å². The molecule has 0 spiro atoms. The lowest BCUT2D eigenvalue weighted by Crippen LogP contribution is -2.24. The van der Waals surface area contributed by atoms with E-state index in [0.717, 1.165) is 11.4 Å². The second-order valence-electron chi connectivity index (χ2n) is 5.60. The minimum Gasteiger partial charge on any atom is -0.491 e. The van der Waals surface area contributed by atoms with Crippen molar-refractivity contribution in [1.29, 1.82) is 0 Å². The van der Waals surface area contributed by atoms with Crippen LogP contribution in [0, 0.1) is 0 Å². The van der Waals surface area contributed by atoms with Crippen molar-refractivity contribution in [3.63, 3.8) is 0 Å². The molecule has 0 fully saturated rings. The summed E-state index contributed by atoms with van der Waals surface area (Å²) < 4.78 is 15.8. The molecule has 5 nitrogen and oxygen atoms in total. The van der Waals surface area contributed by atoms with Crippen LogP contribution in [0.2, 0.25) is 0 Å². The first-order valence-corrected chi connectivity index (χ1v) is 7.92. The van der Waals surface area contributed by atoms with Gasteiger partial charge < -0.3 is 19.1 Å². The van der Waals surface area contributed by atoms with Gasteiger partial charge in [0.2, 0.25) is 0 Å². The Hall–Kier alpha value is -2.69. The monoisotopic (exact) mass is 329 g/mol. The van der Waals surface area contributed by atoms with Crippen LogP contribution in [0.5, 0.6) is 11.5 Å². The summed E-state index contributed by atoms with van der Waals surface area (Å²) in [4.78, 5) is 13.7. The Kier molecular flexibility index (Phi) is 6.49. The van der Waals surface area contributed by atoms with E-state index in [1.54, 1.807) is 24.3 Å². The molecule has 0 radical (unpaired) electrons. The second kappa shape index (κ2) is 8.82. The van der Waals surface area contributed by atoms with Crippen LogP contribution in [0.1, 0.15) is 13.8 Å². The summed E-state index contributed by atoms with van der Waals surface area (Å²) in [6.07, 6.45) is -0.614.